The third kappa shape index (κ3) is 2.59. The molecule has 0 fully saturated rings. The van der Waals surface area contributed by atoms with Gasteiger partial charge in [0.1, 0.15) is 5.75 Å². The summed E-state index contributed by atoms with van der Waals surface area (Å²) in [5, 5.41) is 4.17. The summed E-state index contributed by atoms with van der Waals surface area (Å²) in [6, 6.07) is 8.44. The van der Waals surface area contributed by atoms with Crippen molar-refractivity contribution in [1.29, 1.82) is 0 Å². The SMILES string of the molecule is CCC(Nc1cnccc1Cl)c1ccc2c(c1)CCO2. The van der Waals surface area contributed by atoms with Gasteiger partial charge >= 0.3 is 0 Å². The summed E-state index contributed by atoms with van der Waals surface area (Å²) >= 11 is 6.18. The maximum absolute atomic E-state index is 6.18. The van der Waals surface area contributed by atoms with Crippen LogP contribution in [0.4, 0.5) is 5.69 Å². The van der Waals surface area contributed by atoms with E-state index in [1.807, 2.05) is 0 Å². The van der Waals surface area contributed by atoms with Crippen molar-refractivity contribution in [3.63, 3.8) is 0 Å². The van der Waals surface area contributed by atoms with Gasteiger partial charge < -0.3 is 10.1 Å². The van der Waals surface area contributed by atoms with Crippen molar-refractivity contribution in [2.24, 2.45) is 0 Å². The Morgan fingerprint density at radius 3 is 3.10 bits per heavy atom. The van der Waals surface area contributed by atoms with Crippen LogP contribution in [-0.2, 0) is 6.42 Å². The molecule has 0 spiro atoms. The van der Waals surface area contributed by atoms with Gasteiger partial charge in [-0.25, -0.2) is 0 Å². The molecule has 0 aliphatic carbocycles. The highest BCUT2D eigenvalue weighted by molar-refractivity contribution is 6.33. The Balaban J connectivity index is 1.85. The normalized spacial score (nSPS) is 14.5. The van der Waals surface area contributed by atoms with Gasteiger partial charge in [-0.15, -0.1) is 0 Å². The van der Waals surface area contributed by atoms with Crippen LogP contribution in [0.1, 0.15) is 30.5 Å². The summed E-state index contributed by atoms with van der Waals surface area (Å²) in [6.45, 7) is 2.95. The van der Waals surface area contributed by atoms with Gasteiger partial charge in [-0.05, 0) is 35.7 Å². The highest BCUT2D eigenvalue weighted by Crippen LogP contribution is 2.31. The summed E-state index contributed by atoms with van der Waals surface area (Å²) in [6.07, 6.45) is 5.43. The van der Waals surface area contributed by atoms with E-state index in [0.29, 0.717) is 5.02 Å². The zero-order valence-electron chi connectivity index (χ0n) is 11.4. The van der Waals surface area contributed by atoms with Crippen LogP contribution >= 0.6 is 11.6 Å². The Labute approximate surface area is 123 Å². The molecule has 0 saturated carbocycles. The third-order valence-corrected chi connectivity index (χ3v) is 3.95. The summed E-state index contributed by atoms with van der Waals surface area (Å²) in [4.78, 5) is 4.12. The number of nitrogens with zero attached hydrogens (tertiary/aromatic N) is 1. The molecule has 4 heteroatoms. The molecule has 2 aromatic rings. The van der Waals surface area contributed by atoms with Crippen LogP contribution < -0.4 is 10.1 Å². The number of benzene rings is 1. The topological polar surface area (TPSA) is 34.2 Å². The average Bonchev–Trinajstić information content (AvgIpc) is 2.94. The van der Waals surface area contributed by atoms with Crippen LogP contribution in [0.5, 0.6) is 5.75 Å². The van der Waals surface area contributed by atoms with Crippen LogP contribution in [0.25, 0.3) is 0 Å². The standard InChI is InChI=1S/C16H17ClN2O/c1-2-14(19-15-10-18-7-5-13(15)17)11-3-4-16-12(9-11)6-8-20-16/h3-5,7,9-10,14,19H,2,6,8H2,1H3. The number of nitrogens with one attached hydrogen (secondary N) is 1. The second-order valence-electron chi connectivity index (χ2n) is 4.93. The molecule has 0 amide bonds. The smallest absolute Gasteiger partial charge is 0.122 e. The molecule has 1 atom stereocenters. The van der Waals surface area contributed by atoms with E-state index in [-0.39, 0.29) is 6.04 Å². The zero-order valence-corrected chi connectivity index (χ0v) is 12.2. The first-order valence-electron chi connectivity index (χ1n) is 6.89. The molecule has 0 saturated heterocycles. The van der Waals surface area contributed by atoms with Gasteiger partial charge in [0, 0.05) is 12.6 Å². The fourth-order valence-corrected chi connectivity index (χ4v) is 2.68. The quantitative estimate of drug-likeness (QED) is 0.914. The van der Waals surface area contributed by atoms with Crippen LogP contribution in [0, 0.1) is 0 Å². The molecular formula is C16H17ClN2O. The number of ether oxygens (including phenoxy) is 1. The number of halogens is 1. The first-order valence-corrected chi connectivity index (χ1v) is 7.27. The second kappa shape index (κ2) is 5.71. The molecule has 1 unspecified atom stereocenters. The number of fused-ring (bicyclic) bond motifs is 1. The summed E-state index contributed by atoms with van der Waals surface area (Å²) in [5.41, 5.74) is 3.43. The predicted molar refractivity (Wildman–Crippen MR) is 81.5 cm³/mol. The molecule has 1 aliphatic heterocycles. The van der Waals surface area contributed by atoms with E-state index < -0.39 is 0 Å². The van der Waals surface area contributed by atoms with Crippen LogP contribution in [-0.4, -0.2) is 11.6 Å². The molecule has 20 heavy (non-hydrogen) atoms. The van der Waals surface area contributed by atoms with Crippen molar-refractivity contribution in [1.82, 2.24) is 4.98 Å². The monoisotopic (exact) mass is 288 g/mol. The van der Waals surface area contributed by atoms with E-state index in [4.69, 9.17) is 16.3 Å². The van der Waals surface area contributed by atoms with Gasteiger partial charge in [-0.2, -0.15) is 0 Å². The average molecular weight is 289 g/mol. The molecule has 3 rings (SSSR count). The number of hydrogen-bond donors (Lipinski definition) is 1. The first kappa shape index (κ1) is 13.3. The fourth-order valence-electron chi connectivity index (χ4n) is 2.52. The Hall–Kier alpha value is -1.74. The minimum Gasteiger partial charge on any atom is -0.493 e. The third-order valence-electron chi connectivity index (χ3n) is 3.62. The summed E-state index contributed by atoms with van der Waals surface area (Å²) in [7, 11) is 0. The van der Waals surface area contributed by atoms with Crippen molar-refractivity contribution in [2.75, 3.05) is 11.9 Å². The van der Waals surface area contributed by atoms with Crippen molar-refractivity contribution in [3.05, 3.63) is 52.8 Å². The van der Waals surface area contributed by atoms with Crippen molar-refractivity contribution < 1.29 is 4.74 Å². The van der Waals surface area contributed by atoms with Crippen LogP contribution in [0.15, 0.2) is 36.7 Å². The molecule has 1 aromatic heterocycles. The number of anilines is 1. The highest BCUT2D eigenvalue weighted by Gasteiger charge is 2.16. The first-order chi connectivity index (χ1) is 9.78. The number of hydrogen-bond acceptors (Lipinski definition) is 3. The van der Waals surface area contributed by atoms with Gasteiger partial charge in [0.25, 0.3) is 0 Å². The molecule has 1 N–H and O–H groups in total. The van der Waals surface area contributed by atoms with Gasteiger partial charge in [0.15, 0.2) is 0 Å². The fraction of sp³-hybridized carbons (Fsp3) is 0.312. The van der Waals surface area contributed by atoms with Crippen LogP contribution in [0.3, 0.4) is 0 Å². The Bertz CT molecular complexity index is 615. The molecule has 0 radical (unpaired) electrons. The van der Waals surface area contributed by atoms with Crippen molar-refractivity contribution >= 4 is 17.3 Å². The van der Waals surface area contributed by atoms with Gasteiger partial charge in [-0.1, -0.05) is 24.6 Å². The predicted octanol–water partition coefficient (Wildman–Crippen LogP) is 4.23. The molecule has 3 nitrogen and oxygen atoms in total. The molecule has 104 valence electrons. The van der Waals surface area contributed by atoms with E-state index in [1.54, 1.807) is 18.5 Å². The van der Waals surface area contributed by atoms with E-state index in [1.165, 1.54) is 11.1 Å². The van der Waals surface area contributed by atoms with Crippen LogP contribution in [0.2, 0.25) is 5.02 Å². The van der Waals surface area contributed by atoms with Crippen molar-refractivity contribution in [2.45, 2.75) is 25.8 Å². The largest absolute Gasteiger partial charge is 0.493 e. The van der Waals surface area contributed by atoms with E-state index in [2.05, 4.69) is 35.4 Å². The minimum absolute atomic E-state index is 0.225. The van der Waals surface area contributed by atoms with E-state index >= 15 is 0 Å². The lowest BCUT2D eigenvalue weighted by Gasteiger charge is -2.20. The summed E-state index contributed by atoms with van der Waals surface area (Å²) in [5.74, 6) is 1.02. The zero-order chi connectivity index (χ0) is 13.9. The van der Waals surface area contributed by atoms with Gasteiger partial charge in [0.05, 0.1) is 29.6 Å². The van der Waals surface area contributed by atoms with E-state index in [0.717, 1.165) is 30.9 Å². The number of rotatable bonds is 4. The minimum atomic E-state index is 0.225. The van der Waals surface area contributed by atoms with Gasteiger partial charge in [-0.3, -0.25) is 4.98 Å². The number of aromatic nitrogens is 1. The second-order valence-corrected chi connectivity index (χ2v) is 5.33. The lowest BCUT2D eigenvalue weighted by molar-refractivity contribution is 0.357. The maximum Gasteiger partial charge on any atom is 0.122 e. The lowest BCUT2D eigenvalue weighted by atomic mass is 10.0. The Morgan fingerprint density at radius 2 is 2.30 bits per heavy atom. The Morgan fingerprint density at radius 1 is 1.40 bits per heavy atom. The molecule has 0 bridgehead atoms. The maximum atomic E-state index is 6.18. The lowest BCUT2D eigenvalue weighted by Crippen LogP contribution is -2.10. The van der Waals surface area contributed by atoms with E-state index in [9.17, 15) is 0 Å². The highest BCUT2D eigenvalue weighted by atomic mass is 35.5. The van der Waals surface area contributed by atoms with Crippen molar-refractivity contribution in [3.8, 4) is 5.75 Å². The molecular weight excluding hydrogens is 272 g/mol. The van der Waals surface area contributed by atoms with Gasteiger partial charge in [0.2, 0.25) is 0 Å². The molecule has 2 heterocycles. The molecule has 1 aliphatic rings. The molecule has 1 aromatic carbocycles. The Kier molecular flexibility index (Phi) is 3.79. The number of pyridine rings is 1. The summed E-state index contributed by atoms with van der Waals surface area (Å²) < 4.78 is 5.55.